The lowest BCUT2D eigenvalue weighted by atomic mass is 9.85. The number of aromatic nitrogens is 1. The van der Waals surface area contributed by atoms with Gasteiger partial charge in [0.05, 0.1) is 22.1 Å². The van der Waals surface area contributed by atoms with Gasteiger partial charge in [0.25, 0.3) is 0 Å². The van der Waals surface area contributed by atoms with Crippen molar-refractivity contribution >= 4 is 29.2 Å². The van der Waals surface area contributed by atoms with Gasteiger partial charge in [-0.25, -0.2) is 9.78 Å². The monoisotopic (exact) mass is 528 g/mol. The average molecular weight is 529 g/mol. The van der Waals surface area contributed by atoms with Crippen LogP contribution in [0.2, 0.25) is 0 Å². The molecule has 3 amide bonds. The summed E-state index contributed by atoms with van der Waals surface area (Å²) < 4.78 is 5.39. The van der Waals surface area contributed by atoms with Crippen molar-refractivity contribution in [1.29, 1.82) is 0 Å². The second-order valence-electron chi connectivity index (χ2n) is 11.8. The molecule has 8 nitrogen and oxygen atoms in total. The number of nitrogens with one attached hydrogen (secondary N) is 2. The predicted molar refractivity (Wildman–Crippen MR) is 146 cm³/mol. The van der Waals surface area contributed by atoms with Crippen molar-refractivity contribution in [2.24, 2.45) is 5.41 Å². The van der Waals surface area contributed by atoms with Crippen molar-refractivity contribution in [2.75, 3.05) is 6.54 Å². The van der Waals surface area contributed by atoms with Crippen LogP contribution in [0.25, 0.3) is 10.4 Å². The van der Waals surface area contributed by atoms with Crippen molar-refractivity contribution in [3.8, 4) is 10.4 Å². The summed E-state index contributed by atoms with van der Waals surface area (Å²) in [4.78, 5) is 46.4. The summed E-state index contributed by atoms with van der Waals surface area (Å²) in [5, 5.41) is 5.83. The van der Waals surface area contributed by atoms with Gasteiger partial charge in [0.15, 0.2) is 0 Å². The molecule has 0 bridgehead atoms. The molecule has 0 saturated carbocycles. The molecule has 202 valence electrons. The first-order chi connectivity index (χ1) is 17.2. The molecule has 1 aromatic heterocycles. The zero-order chi connectivity index (χ0) is 27.5. The van der Waals surface area contributed by atoms with E-state index in [1.807, 2.05) is 64.4 Å². The van der Waals surface area contributed by atoms with E-state index < -0.39 is 29.2 Å². The van der Waals surface area contributed by atoms with Gasteiger partial charge in [-0.3, -0.25) is 9.59 Å². The number of aryl methyl sites for hydroxylation is 1. The summed E-state index contributed by atoms with van der Waals surface area (Å²) >= 11 is 1.60. The molecular formula is C28H40N4O4S. The number of hydrogen-bond donors (Lipinski definition) is 2. The van der Waals surface area contributed by atoms with Gasteiger partial charge in [0.2, 0.25) is 11.8 Å². The van der Waals surface area contributed by atoms with Crippen LogP contribution in [0.1, 0.15) is 78.6 Å². The van der Waals surface area contributed by atoms with E-state index in [1.165, 1.54) is 0 Å². The minimum Gasteiger partial charge on any atom is -0.444 e. The number of alkyl carbamates (subject to hydrolysis) is 1. The number of ether oxygens (including phenoxy) is 1. The zero-order valence-corrected chi connectivity index (χ0v) is 24.0. The van der Waals surface area contributed by atoms with Gasteiger partial charge in [0.1, 0.15) is 17.7 Å². The minimum absolute atomic E-state index is 0.189. The lowest BCUT2D eigenvalue weighted by molar-refractivity contribution is -0.142. The van der Waals surface area contributed by atoms with E-state index >= 15 is 0 Å². The van der Waals surface area contributed by atoms with Crippen LogP contribution in [0.3, 0.4) is 0 Å². The second-order valence-corrected chi connectivity index (χ2v) is 12.6. The van der Waals surface area contributed by atoms with Crippen LogP contribution >= 0.6 is 11.3 Å². The lowest BCUT2D eigenvalue weighted by Crippen LogP contribution is -2.58. The number of nitrogens with zero attached hydrogens (tertiary/aromatic N) is 2. The smallest absolute Gasteiger partial charge is 0.408 e. The van der Waals surface area contributed by atoms with E-state index in [2.05, 4.69) is 15.6 Å². The molecule has 0 aliphatic carbocycles. The number of thiazole rings is 1. The molecular weight excluding hydrogens is 488 g/mol. The van der Waals surface area contributed by atoms with Crippen molar-refractivity contribution < 1.29 is 19.1 Å². The number of carbonyl (C=O) groups excluding carboxylic acids is 3. The first-order valence-corrected chi connectivity index (χ1v) is 13.7. The van der Waals surface area contributed by atoms with Crippen LogP contribution in [0.4, 0.5) is 4.79 Å². The molecule has 1 saturated heterocycles. The molecule has 1 fully saturated rings. The topological polar surface area (TPSA) is 101 Å². The highest BCUT2D eigenvalue weighted by Crippen LogP contribution is 2.29. The summed E-state index contributed by atoms with van der Waals surface area (Å²) in [5.74, 6) is -0.460. The highest BCUT2D eigenvalue weighted by Gasteiger charge is 2.42. The first kappa shape index (κ1) is 28.6. The Labute approximate surface area is 224 Å². The SMILES string of the molecule is Cc1ncsc1-c1ccc([C@H](C)NC(=O)[C@@H]2CCCN2C(=O)[C@@H](NC(=O)OC(C)(C)C)C(C)(C)C)cc1. The molecule has 2 N–H and O–H groups in total. The number of hydrogen-bond acceptors (Lipinski definition) is 6. The molecule has 3 atom stereocenters. The highest BCUT2D eigenvalue weighted by atomic mass is 32.1. The number of amides is 3. The maximum Gasteiger partial charge on any atom is 0.408 e. The third-order valence-electron chi connectivity index (χ3n) is 6.39. The maximum atomic E-state index is 13.6. The summed E-state index contributed by atoms with van der Waals surface area (Å²) in [6.07, 6.45) is 0.660. The van der Waals surface area contributed by atoms with Gasteiger partial charge in [-0.05, 0) is 64.0 Å². The standard InChI is InChI=1S/C28H40N4O4S/c1-17(19-11-13-20(14-12-19)22-18(2)29-16-37-22)30-24(33)21-10-9-15-32(21)25(34)23(27(3,4)5)31-26(35)36-28(6,7)8/h11-14,16-17,21,23H,9-10,15H2,1-8H3,(H,30,33)(H,31,35)/t17-,21-,23+/m0/s1. The van der Waals surface area contributed by atoms with Crippen molar-refractivity contribution in [3.63, 3.8) is 0 Å². The molecule has 2 aromatic rings. The molecule has 1 aliphatic heterocycles. The third-order valence-corrected chi connectivity index (χ3v) is 7.37. The Kier molecular flexibility index (Phi) is 8.67. The van der Waals surface area contributed by atoms with E-state index in [0.717, 1.165) is 28.1 Å². The van der Waals surface area contributed by atoms with Gasteiger partial charge >= 0.3 is 6.09 Å². The van der Waals surface area contributed by atoms with E-state index in [9.17, 15) is 14.4 Å². The molecule has 3 rings (SSSR count). The van der Waals surface area contributed by atoms with Crippen molar-refractivity contribution in [1.82, 2.24) is 20.5 Å². The van der Waals surface area contributed by atoms with Crippen LogP contribution in [-0.4, -0.2) is 52.0 Å². The summed E-state index contributed by atoms with van der Waals surface area (Å²) in [6.45, 7) is 15.4. The molecule has 2 heterocycles. The van der Waals surface area contributed by atoms with Crippen LogP contribution in [0.15, 0.2) is 29.8 Å². The van der Waals surface area contributed by atoms with E-state index in [1.54, 1.807) is 37.0 Å². The van der Waals surface area contributed by atoms with E-state index in [-0.39, 0.29) is 17.9 Å². The average Bonchev–Trinajstić information content (AvgIpc) is 3.44. The molecule has 1 aliphatic rings. The zero-order valence-electron chi connectivity index (χ0n) is 23.2. The first-order valence-electron chi connectivity index (χ1n) is 12.8. The van der Waals surface area contributed by atoms with Crippen LogP contribution in [0, 0.1) is 12.3 Å². The normalized spacial score (nSPS) is 17.7. The number of benzene rings is 1. The van der Waals surface area contributed by atoms with E-state index in [4.69, 9.17) is 4.74 Å². The molecule has 0 spiro atoms. The molecule has 0 unspecified atom stereocenters. The Morgan fingerprint density at radius 1 is 1.08 bits per heavy atom. The Bertz CT molecular complexity index is 1110. The van der Waals surface area contributed by atoms with Gasteiger partial charge < -0.3 is 20.3 Å². The Morgan fingerprint density at radius 3 is 2.27 bits per heavy atom. The number of likely N-dealkylation sites (tertiary alicyclic amines) is 1. The maximum absolute atomic E-state index is 13.6. The van der Waals surface area contributed by atoms with Crippen molar-refractivity contribution in [2.45, 2.75) is 92.0 Å². The third kappa shape index (κ3) is 7.31. The fraction of sp³-hybridized carbons (Fsp3) is 0.571. The Morgan fingerprint density at radius 2 is 1.73 bits per heavy atom. The van der Waals surface area contributed by atoms with E-state index in [0.29, 0.717) is 13.0 Å². The van der Waals surface area contributed by atoms with Gasteiger partial charge in [0, 0.05) is 6.54 Å². The number of rotatable bonds is 6. The predicted octanol–water partition coefficient (Wildman–Crippen LogP) is 5.23. The van der Waals surface area contributed by atoms with Crippen LogP contribution in [-0.2, 0) is 14.3 Å². The summed E-state index contributed by atoms with van der Waals surface area (Å²) in [5.41, 5.74) is 3.67. The van der Waals surface area contributed by atoms with Gasteiger partial charge in [-0.2, -0.15) is 0 Å². The van der Waals surface area contributed by atoms with Gasteiger partial charge in [-0.1, -0.05) is 45.0 Å². The minimum atomic E-state index is -0.823. The fourth-order valence-electron chi connectivity index (χ4n) is 4.44. The molecule has 37 heavy (non-hydrogen) atoms. The Hall–Kier alpha value is -2.94. The van der Waals surface area contributed by atoms with Crippen LogP contribution in [0.5, 0.6) is 0 Å². The Balaban J connectivity index is 1.69. The summed E-state index contributed by atoms with van der Waals surface area (Å²) in [7, 11) is 0. The summed E-state index contributed by atoms with van der Waals surface area (Å²) in [6, 6.07) is 6.48. The van der Waals surface area contributed by atoms with Gasteiger partial charge in [-0.15, -0.1) is 11.3 Å². The molecule has 9 heteroatoms. The molecule has 0 radical (unpaired) electrons. The lowest BCUT2D eigenvalue weighted by Gasteiger charge is -2.36. The largest absolute Gasteiger partial charge is 0.444 e. The van der Waals surface area contributed by atoms with Crippen molar-refractivity contribution in [3.05, 3.63) is 41.0 Å². The molecule has 1 aromatic carbocycles. The number of carbonyl (C=O) groups is 3. The highest BCUT2D eigenvalue weighted by molar-refractivity contribution is 7.13. The second kappa shape index (κ2) is 11.2. The van der Waals surface area contributed by atoms with Crippen LogP contribution < -0.4 is 10.6 Å². The fourth-order valence-corrected chi connectivity index (χ4v) is 5.25. The quantitative estimate of drug-likeness (QED) is 0.535.